The summed E-state index contributed by atoms with van der Waals surface area (Å²) in [6.07, 6.45) is 0. The van der Waals surface area contributed by atoms with Crippen LogP contribution in [0.2, 0.25) is 10.0 Å². The first-order valence-corrected chi connectivity index (χ1v) is 7.80. The first-order valence-electron chi connectivity index (χ1n) is 6.64. The van der Waals surface area contributed by atoms with Crippen molar-refractivity contribution in [3.63, 3.8) is 0 Å². The van der Waals surface area contributed by atoms with Crippen LogP contribution in [0.1, 0.15) is 24.1 Å². The second kappa shape index (κ2) is 5.48. The number of benzene rings is 2. The highest BCUT2D eigenvalue weighted by atomic mass is 35.5. The lowest BCUT2D eigenvalue weighted by atomic mass is 10.0. The minimum atomic E-state index is 0.115. The van der Waals surface area contributed by atoms with Gasteiger partial charge in [0.25, 0.3) is 0 Å². The van der Waals surface area contributed by atoms with Crippen molar-refractivity contribution in [1.82, 2.24) is 9.55 Å². The van der Waals surface area contributed by atoms with Crippen molar-refractivity contribution in [3.8, 4) is 0 Å². The monoisotopic (exact) mass is 336 g/mol. The van der Waals surface area contributed by atoms with Gasteiger partial charge in [-0.25, -0.2) is 0 Å². The molecule has 0 amide bonds. The predicted molar refractivity (Wildman–Crippen MR) is 92.1 cm³/mol. The molecule has 0 aliphatic rings. The van der Waals surface area contributed by atoms with E-state index < -0.39 is 0 Å². The number of imidazole rings is 1. The van der Waals surface area contributed by atoms with Gasteiger partial charge >= 0.3 is 0 Å². The fourth-order valence-electron chi connectivity index (χ4n) is 2.70. The molecule has 1 heterocycles. The molecule has 0 aliphatic heterocycles. The third kappa shape index (κ3) is 2.50. The van der Waals surface area contributed by atoms with E-state index in [-0.39, 0.29) is 6.04 Å². The predicted octanol–water partition coefficient (Wildman–Crippen LogP) is 5.92. The highest BCUT2D eigenvalue weighted by Gasteiger charge is 2.15. The van der Waals surface area contributed by atoms with Gasteiger partial charge in [0.2, 0.25) is 0 Å². The normalized spacial score (nSPS) is 12.8. The van der Waals surface area contributed by atoms with Gasteiger partial charge in [-0.1, -0.05) is 47.5 Å². The summed E-state index contributed by atoms with van der Waals surface area (Å²) < 4.78 is 2.74. The summed E-state index contributed by atoms with van der Waals surface area (Å²) in [5, 5.41) is 1.06. The minimum absolute atomic E-state index is 0.115. The van der Waals surface area contributed by atoms with Crippen molar-refractivity contribution in [2.24, 2.45) is 0 Å². The van der Waals surface area contributed by atoms with Crippen LogP contribution < -0.4 is 0 Å². The van der Waals surface area contributed by atoms with Crippen molar-refractivity contribution in [3.05, 3.63) is 62.3 Å². The molecule has 2 nitrogen and oxygen atoms in total. The van der Waals surface area contributed by atoms with Crippen LogP contribution in [0.4, 0.5) is 0 Å². The Labute approximate surface area is 138 Å². The SMILES string of the molecule is Cc1ccccc1C(C)n1c(=S)[nH]c2cc(Cl)c(Cl)cc21. The van der Waals surface area contributed by atoms with Crippen molar-refractivity contribution in [2.45, 2.75) is 19.9 Å². The fourth-order valence-corrected chi connectivity index (χ4v) is 3.39. The topological polar surface area (TPSA) is 20.7 Å². The molecule has 0 saturated heterocycles. The molecular weight excluding hydrogens is 323 g/mol. The smallest absolute Gasteiger partial charge is 0.178 e. The van der Waals surface area contributed by atoms with Gasteiger partial charge in [0.05, 0.1) is 27.1 Å². The fraction of sp³-hybridized carbons (Fsp3) is 0.188. The lowest BCUT2D eigenvalue weighted by molar-refractivity contribution is 0.645. The maximum Gasteiger partial charge on any atom is 0.178 e. The van der Waals surface area contributed by atoms with Gasteiger partial charge in [-0.2, -0.15) is 0 Å². The zero-order valence-corrected chi connectivity index (χ0v) is 14.0. The zero-order chi connectivity index (χ0) is 15.1. The number of hydrogen-bond donors (Lipinski definition) is 1. The van der Waals surface area contributed by atoms with Crippen molar-refractivity contribution in [1.29, 1.82) is 0 Å². The summed E-state index contributed by atoms with van der Waals surface area (Å²) in [4.78, 5) is 3.20. The number of rotatable bonds is 2. The van der Waals surface area contributed by atoms with Crippen LogP contribution in [-0.4, -0.2) is 9.55 Å². The highest BCUT2D eigenvalue weighted by Crippen LogP contribution is 2.31. The van der Waals surface area contributed by atoms with Crippen LogP contribution in [0.5, 0.6) is 0 Å². The third-order valence-electron chi connectivity index (χ3n) is 3.78. The van der Waals surface area contributed by atoms with Crippen molar-refractivity contribution >= 4 is 46.5 Å². The van der Waals surface area contributed by atoms with Crippen molar-refractivity contribution in [2.75, 3.05) is 0 Å². The van der Waals surface area contributed by atoms with Gasteiger partial charge in [0.15, 0.2) is 4.77 Å². The molecule has 5 heteroatoms. The first kappa shape index (κ1) is 14.6. The van der Waals surface area contributed by atoms with Crippen LogP contribution in [-0.2, 0) is 0 Å². The molecular formula is C16H14Cl2N2S. The van der Waals surface area contributed by atoms with Crippen LogP contribution in [0.3, 0.4) is 0 Å². The average Bonchev–Trinajstić information content (AvgIpc) is 2.74. The van der Waals surface area contributed by atoms with Crippen LogP contribution >= 0.6 is 35.4 Å². The summed E-state index contributed by atoms with van der Waals surface area (Å²) >= 11 is 17.7. The van der Waals surface area contributed by atoms with Crippen LogP contribution in [0.25, 0.3) is 11.0 Å². The molecule has 0 bridgehead atoms. The molecule has 1 unspecified atom stereocenters. The summed E-state index contributed by atoms with van der Waals surface area (Å²) in [6, 6.07) is 12.1. The summed E-state index contributed by atoms with van der Waals surface area (Å²) in [7, 11) is 0. The van der Waals surface area contributed by atoms with Crippen LogP contribution in [0.15, 0.2) is 36.4 Å². The van der Waals surface area contributed by atoms with E-state index in [1.807, 2.05) is 24.3 Å². The Balaban J connectivity index is 2.25. The molecule has 0 saturated carbocycles. The molecule has 1 aromatic heterocycles. The lowest BCUT2D eigenvalue weighted by Gasteiger charge is -2.17. The quantitative estimate of drug-likeness (QED) is 0.575. The Morgan fingerprint density at radius 3 is 2.52 bits per heavy atom. The van der Waals surface area contributed by atoms with E-state index in [1.165, 1.54) is 11.1 Å². The number of fused-ring (bicyclic) bond motifs is 1. The number of halogens is 2. The second-order valence-corrected chi connectivity index (χ2v) is 6.32. The molecule has 0 spiro atoms. The van der Waals surface area contributed by atoms with E-state index in [0.717, 1.165) is 11.0 Å². The molecule has 2 aromatic carbocycles. The Bertz CT molecular complexity index is 880. The number of aromatic amines is 1. The van der Waals surface area contributed by atoms with Gasteiger partial charge in [-0.15, -0.1) is 0 Å². The Morgan fingerprint density at radius 1 is 1.14 bits per heavy atom. The maximum absolute atomic E-state index is 6.16. The summed E-state index contributed by atoms with van der Waals surface area (Å²) in [5.41, 5.74) is 4.34. The minimum Gasteiger partial charge on any atom is -0.331 e. The standard InChI is InChI=1S/C16H14Cl2N2S/c1-9-5-3-4-6-11(9)10(2)20-15-8-13(18)12(17)7-14(15)19-16(20)21/h3-8,10H,1-2H3,(H,19,21). The molecule has 3 aromatic rings. The molecule has 21 heavy (non-hydrogen) atoms. The molecule has 0 aliphatic carbocycles. The molecule has 0 radical (unpaired) electrons. The van der Waals surface area contributed by atoms with Gasteiger partial charge in [-0.05, 0) is 49.3 Å². The first-order chi connectivity index (χ1) is 9.99. The molecule has 1 N–H and O–H groups in total. The number of aryl methyl sites for hydroxylation is 1. The number of aromatic nitrogens is 2. The number of hydrogen-bond acceptors (Lipinski definition) is 1. The van der Waals surface area contributed by atoms with Gasteiger partial charge in [-0.3, -0.25) is 0 Å². The van der Waals surface area contributed by atoms with Gasteiger partial charge in [0.1, 0.15) is 0 Å². The van der Waals surface area contributed by atoms with E-state index in [4.69, 9.17) is 35.4 Å². The maximum atomic E-state index is 6.16. The Kier molecular flexibility index (Phi) is 3.82. The highest BCUT2D eigenvalue weighted by molar-refractivity contribution is 7.71. The summed E-state index contributed by atoms with van der Waals surface area (Å²) in [6.45, 7) is 4.24. The lowest BCUT2D eigenvalue weighted by Crippen LogP contribution is -2.08. The zero-order valence-electron chi connectivity index (χ0n) is 11.7. The van der Waals surface area contributed by atoms with E-state index in [9.17, 15) is 0 Å². The Hall–Kier alpha value is -1.29. The van der Waals surface area contributed by atoms with Gasteiger partial charge in [0, 0.05) is 0 Å². The van der Waals surface area contributed by atoms with E-state index in [1.54, 1.807) is 0 Å². The summed E-state index contributed by atoms with van der Waals surface area (Å²) in [5.74, 6) is 0. The van der Waals surface area contributed by atoms with Crippen molar-refractivity contribution < 1.29 is 0 Å². The second-order valence-electron chi connectivity index (χ2n) is 5.12. The third-order valence-corrected chi connectivity index (χ3v) is 4.81. The van der Waals surface area contributed by atoms with Gasteiger partial charge < -0.3 is 9.55 Å². The molecule has 108 valence electrons. The number of nitrogens with one attached hydrogen (secondary N) is 1. The average molecular weight is 337 g/mol. The Morgan fingerprint density at radius 2 is 1.81 bits per heavy atom. The molecule has 0 fully saturated rings. The largest absolute Gasteiger partial charge is 0.331 e. The van der Waals surface area contributed by atoms with E-state index in [0.29, 0.717) is 14.8 Å². The van der Waals surface area contributed by atoms with Crippen LogP contribution in [0, 0.1) is 11.7 Å². The van der Waals surface area contributed by atoms with E-state index in [2.05, 4.69) is 35.5 Å². The molecule has 1 atom stereocenters. The molecule has 3 rings (SSSR count). The number of nitrogens with zero attached hydrogens (tertiary/aromatic N) is 1. The van der Waals surface area contributed by atoms with E-state index >= 15 is 0 Å². The number of H-pyrrole nitrogens is 1.